The number of sulfonamides is 1. The number of fused-ring (bicyclic) bond motifs is 1. The molecular formula is C23H21F3N4O3S2. The summed E-state index contributed by atoms with van der Waals surface area (Å²) in [7, 11) is -3.91. The number of hydrogen-bond acceptors (Lipinski definition) is 7. The van der Waals surface area contributed by atoms with Gasteiger partial charge in [0.15, 0.2) is 0 Å². The molecule has 184 valence electrons. The van der Waals surface area contributed by atoms with Crippen molar-refractivity contribution in [2.24, 2.45) is 0 Å². The maximum atomic E-state index is 13.5. The monoisotopic (exact) mass is 522 g/mol. The number of anilines is 1. The smallest absolute Gasteiger partial charge is 0.416 e. The molecule has 0 saturated carbocycles. The first-order chi connectivity index (χ1) is 16.7. The Bertz CT molecular complexity index is 1370. The molecule has 12 heteroatoms. The third-order valence-corrected chi connectivity index (χ3v) is 8.13. The second-order valence-electron chi connectivity index (χ2n) is 8.22. The highest BCUT2D eigenvalue weighted by atomic mass is 32.2. The molecule has 0 amide bonds. The molecule has 7 nitrogen and oxygen atoms in total. The highest BCUT2D eigenvalue weighted by Gasteiger charge is 2.33. The maximum Gasteiger partial charge on any atom is 0.416 e. The molecule has 5 rings (SSSR count). The van der Waals surface area contributed by atoms with E-state index in [1.165, 1.54) is 24.5 Å². The molecule has 2 aliphatic heterocycles. The van der Waals surface area contributed by atoms with E-state index in [2.05, 4.69) is 19.4 Å². The van der Waals surface area contributed by atoms with Gasteiger partial charge in [-0.15, -0.1) is 0 Å². The van der Waals surface area contributed by atoms with Gasteiger partial charge in [0, 0.05) is 35.6 Å². The molecule has 0 spiro atoms. The van der Waals surface area contributed by atoms with E-state index in [1.54, 1.807) is 12.1 Å². The molecular weight excluding hydrogens is 501 g/mol. The van der Waals surface area contributed by atoms with Crippen LogP contribution in [0.1, 0.15) is 41.0 Å². The quantitative estimate of drug-likeness (QED) is 0.507. The summed E-state index contributed by atoms with van der Waals surface area (Å²) in [5.41, 5.74) is 2.28. The van der Waals surface area contributed by atoms with Gasteiger partial charge in [0.2, 0.25) is 5.13 Å². The van der Waals surface area contributed by atoms with Crippen molar-refractivity contribution >= 4 is 32.3 Å². The summed E-state index contributed by atoms with van der Waals surface area (Å²) in [6.07, 6.45) is -0.0808. The molecule has 0 saturated heterocycles. The summed E-state index contributed by atoms with van der Waals surface area (Å²) < 4.78 is 78.1. The van der Waals surface area contributed by atoms with Gasteiger partial charge in [-0.25, -0.2) is 13.4 Å². The highest BCUT2D eigenvalue weighted by molar-refractivity contribution is 7.93. The lowest BCUT2D eigenvalue weighted by atomic mass is 9.81. The fourth-order valence-electron chi connectivity index (χ4n) is 4.43. The first-order valence-electron chi connectivity index (χ1n) is 10.9. The van der Waals surface area contributed by atoms with Crippen LogP contribution in [0.25, 0.3) is 5.57 Å². The van der Waals surface area contributed by atoms with Crippen LogP contribution < -0.4 is 14.8 Å². The molecule has 0 bridgehead atoms. The van der Waals surface area contributed by atoms with E-state index in [9.17, 15) is 21.6 Å². The number of alkyl halides is 3. The van der Waals surface area contributed by atoms with Crippen molar-refractivity contribution in [3.8, 4) is 5.75 Å². The van der Waals surface area contributed by atoms with E-state index in [4.69, 9.17) is 4.74 Å². The van der Waals surface area contributed by atoms with E-state index < -0.39 is 21.8 Å². The minimum Gasteiger partial charge on any atom is -0.493 e. The Morgan fingerprint density at radius 2 is 1.97 bits per heavy atom. The van der Waals surface area contributed by atoms with Crippen LogP contribution in [0.5, 0.6) is 5.75 Å². The van der Waals surface area contributed by atoms with Crippen LogP contribution in [0.4, 0.5) is 18.3 Å². The summed E-state index contributed by atoms with van der Waals surface area (Å²) in [5.74, 6) is 0.159. The second-order valence-corrected chi connectivity index (χ2v) is 10.7. The maximum absolute atomic E-state index is 13.5. The molecule has 2 N–H and O–H groups in total. The molecule has 3 heterocycles. The molecule has 35 heavy (non-hydrogen) atoms. The number of nitrogens with one attached hydrogen (secondary N) is 2. The van der Waals surface area contributed by atoms with Crippen molar-refractivity contribution in [2.75, 3.05) is 24.4 Å². The van der Waals surface area contributed by atoms with Gasteiger partial charge in [-0.05, 0) is 54.3 Å². The molecule has 3 aromatic rings. The number of hydrogen-bond donors (Lipinski definition) is 2. The summed E-state index contributed by atoms with van der Waals surface area (Å²) in [6, 6.07) is 8.47. The number of halogens is 3. The third kappa shape index (κ3) is 4.91. The van der Waals surface area contributed by atoms with Crippen LogP contribution in [0.15, 0.2) is 53.7 Å². The molecule has 0 radical (unpaired) electrons. The number of ether oxygens (including phenoxy) is 1. The lowest BCUT2D eigenvalue weighted by Crippen LogP contribution is -2.22. The van der Waals surface area contributed by atoms with E-state index in [0.717, 1.165) is 34.3 Å². The van der Waals surface area contributed by atoms with Crippen molar-refractivity contribution in [3.63, 3.8) is 0 Å². The zero-order valence-corrected chi connectivity index (χ0v) is 19.9. The van der Waals surface area contributed by atoms with E-state index in [0.29, 0.717) is 43.9 Å². The minimum absolute atomic E-state index is 0.000746. The number of nitrogens with zero attached hydrogens (tertiary/aromatic N) is 2. The van der Waals surface area contributed by atoms with Gasteiger partial charge in [0.1, 0.15) is 12.1 Å². The predicted octanol–water partition coefficient (Wildman–Crippen LogP) is 4.65. The summed E-state index contributed by atoms with van der Waals surface area (Å²) in [4.78, 5) is 3.84. The first-order valence-corrected chi connectivity index (χ1v) is 13.2. The van der Waals surface area contributed by atoms with Gasteiger partial charge in [0.25, 0.3) is 10.0 Å². The van der Waals surface area contributed by atoms with Crippen molar-refractivity contribution in [3.05, 3.63) is 71.1 Å². The molecule has 2 aliphatic rings. The Hall–Kier alpha value is -2.96. The SMILES string of the molecule is O=S(=O)(Nc1ncns1)c1ccc2c(c1)OCCC2c1ccc(C(F)(F)F)cc1C1=CCNCC1. The number of benzene rings is 2. The fourth-order valence-corrected chi connectivity index (χ4v) is 6.11. The Morgan fingerprint density at radius 1 is 1.14 bits per heavy atom. The average Bonchev–Trinajstić information content (AvgIpc) is 3.35. The van der Waals surface area contributed by atoms with E-state index in [-0.39, 0.29) is 15.9 Å². The van der Waals surface area contributed by atoms with Crippen LogP contribution in [0, 0.1) is 0 Å². The molecule has 2 aromatic carbocycles. The standard InChI is InChI=1S/C23H21F3N4O3S2/c24-23(25,26)15-1-3-17(20(11-15)14-5-8-27-9-6-14)18-7-10-33-21-12-16(2-4-19(18)21)35(31,32)30-22-28-13-29-34-22/h1-5,11-13,18,27H,6-10H2,(H,28,29,30). The number of rotatable bonds is 5. The lowest BCUT2D eigenvalue weighted by molar-refractivity contribution is -0.137. The van der Waals surface area contributed by atoms with Crippen molar-refractivity contribution < 1.29 is 26.3 Å². The second kappa shape index (κ2) is 9.25. The van der Waals surface area contributed by atoms with Crippen molar-refractivity contribution in [1.29, 1.82) is 0 Å². The first kappa shape index (κ1) is 23.8. The van der Waals surface area contributed by atoms with Gasteiger partial charge >= 0.3 is 6.18 Å². The highest BCUT2D eigenvalue weighted by Crippen LogP contribution is 2.44. The van der Waals surface area contributed by atoms with Gasteiger partial charge in [-0.1, -0.05) is 18.2 Å². The van der Waals surface area contributed by atoms with Gasteiger partial charge in [-0.3, -0.25) is 4.72 Å². The minimum atomic E-state index is -4.45. The topological polar surface area (TPSA) is 93.2 Å². The molecule has 1 atom stereocenters. The van der Waals surface area contributed by atoms with Gasteiger partial charge in [-0.2, -0.15) is 17.5 Å². The third-order valence-electron chi connectivity index (χ3n) is 6.08. The summed E-state index contributed by atoms with van der Waals surface area (Å²) >= 11 is 0.916. The van der Waals surface area contributed by atoms with Crippen LogP contribution >= 0.6 is 11.5 Å². The van der Waals surface area contributed by atoms with Gasteiger partial charge in [0.05, 0.1) is 17.1 Å². The molecule has 1 aromatic heterocycles. The van der Waals surface area contributed by atoms with Crippen LogP contribution in [-0.2, 0) is 16.2 Å². The molecule has 0 aliphatic carbocycles. The normalized spacial score (nSPS) is 18.4. The zero-order chi connectivity index (χ0) is 24.6. The summed E-state index contributed by atoms with van der Waals surface area (Å²) in [6.45, 7) is 1.60. The average molecular weight is 523 g/mol. The van der Waals surface area contributed by atoms with Gasteiger partial charge < -0.3 is 10.1 Å². The van der Waals surface area contributed by atoms with E-state index >= 15 is 0 Å². The fraction of sp³-hybridized carbons (Fsp3) is 0.304. The van der Waals surface area contributed by atoms with Crippen LogP contribution in [-0.4, -0.2) is 37.5 Å². The zero-order valence-electron chi connectivity index (χ0n) is 18.3. The predicted molar refractivity (Wildman–Crippen MR) is 126 cm³/mol. The van der Waals surface area contributed by atoms with E-state index in [1.807, 2.05) is 6.08 Å². The Kier molecular flexibility index (Phi) is 6.28. The number of aromatic nitrogens is 2. The summed E-state index contributed by atoms with van der Waals surface area (Å²) in [5, 5.41) is 3.34. The molecule has 0 fully saturated rings. The Morgan fingerprint density at radius 3 is 2.69 bits per heavy atom. The van der Waals surface area contributed by atoms with Crippen LogP contribution in [0.2, 0.25) is 0 Å². The lowest BCUT2D eigenvalue weighted by Gasteiger charge is -2.30. The Labute approximate surface area is 204 Å². The molecule has 1 unspecified atom stereocenters. The Balaban J connectivity index is 1.54. The largest absolute Gasteiger partial charge is 0.493 e. The van der Waals surface area contributed by atoms with Crippen molar-refractivity contribution in [1.82, 2.24) is 14.7 Å². The van der Waals surface area contributed by atoms with Crippen molar-refractivity contribution in [2.45, 2.75) is 29.8 Å². The van der Waals surface area contributed by atoms with Crippen LogP contribution in [0.3, 0.4) is 0 Å².